The van der Waals surface area contributed by atoms with E-state index in [1.54, 1.807) is 14.0 Å². The molecule has 1 aliphatic heterocycles. The molecule has 118 valence electrons. The van der Waals surface area contributed by atoms with Crippen molar-refractivity contribution in [3.8, 4) is 0 Å². The number of pyridine rings is 1. The molecule has 0 bridgehead atoms. The largest absolute Gasteiger partial charge is 0.372 e. The average Bonchev–Trinajstić information content (AvgIpc) is 2.37. The molecule has 1 unspecified atom stereocenters. The van der Waals surface area contributed by atoms with Gasteiger partial charge < -0.3 is 5.32 Å². The lowest BCUT2D eigenvalue weighted by Gasteiger charge is -2.32. The molecule has 1 saturated heterocycles. The Morgan fingerprint density at radius 1 is 1.48 bits per heavy atom. The lowest BCUT2D eigenvalue weighted by atomic mass is 10.4. The zero-order chi connectivity index (χ0) is 15.8. The van der Waals surface area contributed by atoms with Gasteiger partial charge in [0.05, 0.1) is 11.5 Å². The maximum absolute atomic E-state index is 12.8. The lowest BCUT2D eigenvalue weighted by Crippen LogP contribution is -2.49. The number of nitrogens with zero attached hydrogens (tertiary/aromatic N) is 2. The van der Waals surface area contributed by atoms with Crippen LogP contribution in [0.15, 0.2) is 21.6 Å². The molecule has 1 aromatic rings. The predicted molar refractivity (Wildman–Crippen MR) is 83.5 cm³/mol. The standard InChI is InChI=1S/C11H16BrN3O4S2/c1-8-7-20(16,17)4-3-15(8)21(18,19)10-5-9(12)6-14-11(10)13-2/h5-6,8H,3-4,7H2,1-2H3,(H,13,14). The van der Waals surface area contributed by atoms with Gasteiger partial charge in [-0.3, -0.25) is 0 Å². The third-order valence-electron chi connectivity index (χ3n) is 3.25. The Morgan fingerprint density at radius 2 is 2.14 bits per heavy atom. The second-order valence-corrected chi connectivity index (χ2v) is 9.83. The Morgan fingerprint density at radius 3 is 2.71 bits per heavy atom. The number of aromatic nitrogens is 1. The van der Waals surface area contributed by atoms with Gasteiger partial charge in [0, 0.05) is 30.3 Å². The molecule has 0 saturated carbocycles. The van der Waals surface area contributed by atoms with Gasteiger partial charge in [0.25, 0.3) is 0 Å². The SMILES string of the molecule is CNc1ncc(Br)cc1S(=O)(=O)N1CCS(=O)(=O)CC1C. The first-order chi connectivity index (χ1) is 9.67. The van der Waals surface area contributed by atoms with Gasteiger partial charge in [-0.1, -0.05) is 0 Å². The van der Waals surface area contributed by atoms with Crippen LogP contribution in [0, 0.1) is 0 Å². The van der Waals surface area contributed by atoms with Crippen LogP contribution in [0.1, 0.15) is 6.92 Å². The molecule has 0 spiro atoms. The number of nitrogens with one attached hydrogen (secondary N) is 1. The quantitative estimate of drug-likeness (QED) is 0.805. The number of rotatable bonds is 3. The molecule has 1 aromatic heterocycles. The molecule has 21 heavy (non-hydrogen) atoms. The smallest absolute Gasteiger partial charge is 0.247 e. The van der Waals surface area contributed by atoms with Gasteiger partial charge in [-0.05, 0) is 28.9 Å². The van der Waals surface area contributed by atoms with Crippen molar-refractivity contribution >= 4 is 41.6 Å². The first-order valence-corrected chi connectivity index (χ1v) is 10.3. The van der Waals surface area contributed by atoms with E-state index in [1.165, 1.54) is 16.6 Å². The minimum absolute atomic E-state index is 0.0329. The highest BCUT2D eigenvalue weighted by molar-refractivity contribution is 9.10. The monoisotopic (exact) mass is 397 g/mol. The third kappa shape index (κ3) is 3.38. The summed E-state index contributed by atoms with van der Waals surface area (Å²) in [5.41, 5.74) is 0. The number of hydrogen-bond acceptors (Lipinski definition) is 6. The van der Waals surface area contributed by atoms with E-state index >= 15 is 0 Å². The van der Waals surface area contributed by atoms with Crippen molar-refractivity contribution in [3.63, 3.8) is 0 Å². The Hall–Kier alpha value is -0.710. The van der Waals surface area contributed by atoms with Crippen molar-refractivity contribution in [1.29, 1.82) is 0 Å². The number of sulfonamides is 1. The zero-order valence-corrected chi connectivity index (χ0v) is 14.8. The van der Waals surface area contributed by atoms with Gasteiger partial charge in [0.2, 0.25) is 10.0 Å². The van der Waals surface area contributed by atoms with Gasteiger partial charge in [-0.25, -0.2) is 21.8 Å². The lowest BCUT2D eigenvalue weighted by molar-refractivity contribution is 0.357. The van der Waals surface area contributed by atoms with Crippen LogP contribution in [0.25, 0.3) is 0 Å². The van der Waals surface area contributed by atoms with E-state index in [9.17, 15) is 16.8 Å². The Bertz CT molecular complexity index is 749. The topological polar surface area (TPSA) is 96.4 Å². The summed E-state index contributed by atoms with van der Waals surface area (Å²) in [7, 11) is -5.41. The predicted octanol–water partition coefficient (Wildman–Crippen LogP) is 0.693. The first kappa shape index (κ1) is 16.7. The molecule has 0 aromatic carbocycles. The second kappa shape index (κ2) is 5.82. The summed E-state index contributed by atoms with van der Waals surface area (Å²) in [6.45, 7) is 1.56. The van der Waals surface area contributed by atoms with Crippen molar-refractivity contribution in [3.05, 3.63) is 16.7 Å². The molecule has 0 radical (unpaired) electrons. The molecule has 2 heterocycles. The molecular formula is C11H16BrN3O4S2. The molecule has 1 atom stereocenters. The Kier molecular flexibility index (Phi) is 4.62. The molecule has 10 heteroatoms. The summed E-state index contributed by atoms with van der Waals surface area (Å²) >= 11 is 3.21. The fourth-order valence-corrected chi connectivity index (χ4v) is 6.33. The number of anilines is 1. The van der Waals surface area contributed by atoms with Crippen molar-refractivity contribution in [2.24, 2.45) is 0 Å². The van der Waals surface area contributed by atoms with Gasteiger partial charge in [0.1, 0.15) is 10.7 Å². The van der Waals surface area contributed by atoms with E-state index in [4.69, 9.17) is 0 Å². The van der Waals surface area contributed by atoms with Crippen molar-refractivity contribution < 1.29 is 16.8 Å². The fraction of sp³-hybridized carbons (Fsp3) is 0.545. The van der Waals surface area contributed by atoms with Gasteiger partial charge in [-0.15, -0.1) is 0 Å². The van der Waals surface area contributed by atoms with E-state index in [-0.39, 0.29) is 28.8 Å². The third-order valence-corrected chi connectivity index (χ3v) is 7.51. The van der Waals surface area contributed by atoms with Crippen molar-refractivity contribution in [2.75, 3.05) is 30.4 Å². The number of sulfone groups is 1. The van der Waals surface area contributed by atoms with Crippen LogP contribution >= 0.6 is 15.9 Å². The van der Waals surface area contributed by atoms with Gasteiger partial charge >= 0.3 is 0 Å². The van der Waals surface area contributed by atoms with Crippen LogP contribution in [0.4, 0.5) is 5.82 Å². The minimum Gasteiger partial charge on any atom is -0.372 e. The zero-order valence-electron chi connectivity index (χ0n) is 11.6. The minimum atomic E-state index is -3.81. The molecular weight excluding hydrogens is 382 g/mol. The van der Waals surface area contributed by atoms with E-state index in [0.717, 1.165) is 0 Å². The first-order valence-electron chi connectivity index (χ1n) is 6.23. The van der Waals surface area contributed by atoms with Crippen LogP contribution in [0.3, 0.4) is 0 Å². The summed E-state index contributed by atoms with van der Waals surface area (Å²) < 4.78 is 50.5. The Labute approximate surface area is 132 Å². The number of hydrogen-bond donors (Lipinski definition) is 1. The molecule has 2 rings (SSSR count). The second-order valence-electron chi connectivity index (χ2n) is 4.83. The fourth-order valence-electron chi connectivity index (χ4n) is 2.27. The van der Waals surface area contributed by atoms with E-state index in [1.807, 2.05) is 0 Å². The van der Waals surface area contributed by atoms with Crippen molar-refractivity contribution in [1.82, 2.24) is 9.29 Å². The van der Waals surface area contributed by atoms with Crippen LogP contribution in [0.2, 0.25) is 0 Å². The van der Waals surface area contributed by atoms with Gasteiger partial charge in [-0.2, -0.15) is 4.31 Å². The van der Waals surface area contributed by atoms with Crippen LogP contribution in [-0.4, -0.2) is 57.3 Å². The summed E-state index contributed by atoms with van der Waals surface area (Å²) in [5, 5.41) is 2.74. The molecule has 0 aliphatic carbocycles. The highest BCUT2D eigenvalue weighted by atomic mass is 79.9. The number of halogens is 1. The summed E-state index contributed by atoms with van der Waals surface area (Å²) in [4.78, 5) is 4.06. The molecule has 7 nitrogen and oxygen atoms in total. The molecule has 1 aliphatic rings. The highest BCUT2D eigenvalue weighted by Gasteiger charge is 2.37. The van der Waals surface area contributed by atoms with Crippen LogP contribution < -0.4 is 5.32 Å². The molecule has 1 fully saturated rings. The Balaban J connectivity index is 2.46. The summed E-state index contributed by atoms with van der Waals surface area (Å²) in [6, 6.07) is 0.863. The summed E-state index contributed by atoms with van der Waals surface area (Å²) in [6.07, 6.45) is 1.49. The molecule has 1 N–H and O–H groups in total. The molecule has 0 amide bonds. The maximum atomic E-state index is 12.8. The van der Waals surface area contributed by atoms with Crippen LogP contribution in [-0.2, 0) is 19.9 Å². The highest BCUT2D eigenvalue weighted by Crippen LogP contribution is 2.28. The maximum Gasteiger partial charge on any atom is 0.247 e. The van der Waals surface area contributed by atoms with E-state index in [2.05, 4.69) is 26.2 Å². The van der Waals surface area contributed by atoms with Crippen LogP contribution in [0.5, 0.6) is 0 Å². The summed E-state index contributed by atoms with van der Waals surface area (Å²) in [5.74, 6) is -0.0889. The van der Waals surface area contributed by atoms with Crippen molar-refractivity contribution in [2.45, 2.75) is 17.9 Å². The van der Waals surface area contributed by atoms with E-state index in [0.29, 0.717) is 4.47 Å². The van der Waals surface area contributed by atoms with E-state index < -0.39 is 25.9 Å². The van der Waals surface area contributed by atoms with Gasteiger partial charge in [0.15, 0.2) is 9.84 Å². The normalized spacial score (nSPS) is 22.9. The average molecular weight is 398 g/mol.